The third-order valence-corrected chi connectivity index (χ3v) is 4.77. The minimum Gasteiger partial charge on any atom is -0.480 e. The third-order valence-electron chi connectivity index (χ3n) is 1.67. The molecule has 0 aliphatic rings. The van der Waals surface area contributed by atoms with Gasteiger partial charge >= 0.3 is 5.97 Å². The van der Waals surface area contributed by atoms with Gasteiger partial charge in [-0.05, 0) is 30.9 Å². The van der Waals surface area contributed by atoms with Gasteiger partial charge in [0.2, 0.25) is 0 Å². The molecule has 0 fully saturated rings. The van der Waals surface area contributed by atoms with Crippen LogP contribution in [0.1, 0.15) is 12.5 Å². The number of sulfonamides is 1. The molecule has 0 aliphatic heterocycles. The van der Waals surface area contributed by atoms with Crippen LogP contribution in [0.4, 0.5) is 0 Å². The maximum atomic E-state index is 11.6. The van der Waals surface area contributed by atoms with Crippen molar-refractivity contribution in [1.29, 1.82) is 0 Å². The van der Waals surface area contributed by atoms with Crippen molar-refractivity contribution in [2.45, 2.75) is 24.1 Å². The highest BCUT2D eigenvalue weighted by Crippen LogP contribution is 2.19. The summed E-state index contributed by atoms with van der Waals surface area (Å²) in [4.78, 5) is 10.5. The molecule has 2 N–H and O–H groups in total. The monoisotopic (exact) mass is 249 g/mol. The molecule has 7 heteroatoms. The van der Waals surface area contributed by atoms with Crippen LogP contribution in [0.15, 0.2) is 15.7 Å². The fraction of sp³-hybridized carbons (Fsp3) is 0.375. The first-order valence-corrected chi connectivity index (χ1v) is 6.49. The maximum absolute atomic E-state index is 11.6. The highest BCUT2D eigenvalue weighted by molar-refractivity contribution is 7.91. The van der Waals surface area contributed by atoms with E-state index in [9.17, 15) is 13.2 Å². The second kappa shape index (κ2) is 4.30. The average molecular weight is 249 g/mol. The molecule has 0 radical (unpaired) electrons. The summed E-state index contributed by atoms with van der Waals surface area (Å²) in [5.41, 5.74) is 0.836. The summed E-state index contributed by atoms with van der Waals surface area (Å²) in [7, 11) is -3.70. The van der Waals surface area contributed by atoms with Gasteiger partial charge < -0.3 is 5.11 Å². The number of rotatable bonds is 4. The number of hydrogen-bond acceptors (Lipinski definition) is 4. The highest BCUT2D eigenvalue weighted by Gasteiger charge is 2.22. The first-order chi connectivity index (χ1) is 6.83. The van der Waals surface area contributed by atoms with Crippen LogP contribution in [0.3, 0.4) is 0 Å². The molecule has 1 atom stereocenters. The number of nitrogens with one attached hydrogen (secondary N) is 1. The fourth-order valence-electron chi connectivity index (χ4n) is 0.887. The van der Waals surface area contributed by atoms with Crippen LogP contribution >= 0.6 is 11.3 Å². The van der Waals surface area contributed by atoms with E-state index in [2.05, 4.69) is 4.72 Å². The van der Waals surface area contributed by atoms with E-state index in [1.54, 1.807) is 12.3 Å². The predicted octanol–water partition coefficient (Wildman–Crippen LogP) is 0.808. The number of thiophene rings is 1. The zero-order valence-electron chi connectivity index (χ0n) is 8.22. The molecule has 0 aromatic carbocycles. The summed E-state index contributed by atoms with van der Waals surface area (Å²) in [5, 5.41) is 10.3. The molecule has 0 bridgehead atoms. The van der Waals surface area contributed by atoms with Crippen LogP contribution < -0.4 is 4.72 Å². The van der Waals surface area contributed by atoms with Gasteiger partial charge in [-0.3, -0.25) is 4.79 Å². The van der Waals surface area contributed by atoms with Crippen molar-refractivity contribution < 1.29 is 18.3 Å². The van der Waals surface area contributed by atoms with E-state index in [0.29, 0.717) is 0 Å². The summed E-state index contributed by atoms with van der Waals surface area (Å²) in [6, 6.07) is 0.374. The van der Waals surface area contributed by atoms with Gasteiger partial charge in [-0.15, -0.1) is 11.3 Å². The number of hydrogen-bond donors (Lipinski definition) is 2. The molecule has 0 saturated heterocycles. The van der Waals surface area contributed by atoms with Gasteiger partial charge in [-0.25, -0.2) is 8.42 Å². The van der Waals surface area contributed by atoms with Crippen molar-refractivity contribution in [3.8, 4) is 0 Å². The molecule has 0 saturated carbocycles. The van der Waals surface area contributed by atoms with Crippen molar-refractivity contribution >= 4 is 27.3 Å². The SMILES string of the molecule is Cc1csc(S(=O)(=O)N[C@H](C)C(=O)O)c1. The Morgan fingerprint density at radius 1 is 1.60 bits per heavy atom. The summed E-state index contributed by atoms with van der Waals surface area (Å²) in [6.07, 6.45) is 0. The second-order valence-electron chi connectivity index (χ2n) is 3.12. The average Bonchev–Trinajstić information content (AvgIpc) is 2.51. The first kappa shape index (κ1) is 12.2. The van der Waals surface area contributed by atoms with E-state index in [0.717, 1.165) is 16.9 Å². The molecule has 0 spiro atoms. The number of aliphatic carboxylic acids is 1. The lowest BCUT2D eigenvalue weighted by molar-refractivity contribution is -0.138. The largest absolute Gasteiger partial charge is 0.480 e. The van der Waals surface area contributed by atoms with Crippen molar-refractivity contribution in [2.24, 2.45) is 0 Å². The van der Waals surface area contributed by atoms with Crippen LogP contribution in [0, 0.1) is 6.92 Å². The van der Waals surface area contributed by atoms with Crippen LogP contribution in [0.2, 0.25) is 0 Å². The fourth-order valence-corrected chi connectivity index (χ4v) is 3.33. The number of carboxylic acids is 1. The lowest BCUT2D eigenvalue weighted by Gasteiger charge is -2.07. The molecule has 5 nitrogen and oxygen atoms in total. The molecule has 0 unspecified atom stereocenters. The first-order valence-electron chi connectivity index (χ1n) is 4.13. The lowest BCUT2D eigenvalue weighted by Crippen LogP contribution is -2.37. The predicted molar refractivity (Wildman–Crippen MR) is 56.5 cm³/mol. The van der Waals surface area contributed by atoms with Gasteiger partial charge in [0, 0.05) is 0 Å². The Balaban J connectivity index is 2.90. The Bertz CT molecular complexity index is 463. The smallest absolute Gasteiger partial charge is 0.321 e. The van der Waals surface area contributed by atoms with Crippen molar-refractivity contribution in [1.82, 2.24) is 4.72 Å². The highest BCUT2D eigenvalue weighted by atomic mass is 32.2. The Morgan fingerprint density at radius 2 is 2.20 bits per heavy atom. The molecule has 1 aromatic heterocycles. The van der Waals surface area contributed by atoms with E-state index in [1.165, 1.54) is 13.0 Å². The molecule has 1 aromatic rings. The summed E-state index contributed by atoms with van der Waals surface area (Å²) < 4.78 is 25.4. The molecule has 15 heavy (non-hydrogen) atoms. The van der Waals surface area contributed by atoms with E-state index in [1.807, 2.05) is 0 Å². The maximum Gasteiger partial charge on any atom is 0.321 e. The Labute approximate surface area is 91.8 Å². The standard InChI is InChI=1S/C8H11NO4S2/c1-5-3-7(14-4-5)15(12,13)9-6(2)8(10)11/h3-4,6,9H,1-2H3,(H,10,11)/t6-/m1/s1. The van der Waals surface area contributed by atoms with Crippen molar-refractivity contribution in [2.75, 3.05) is 0 Å². The van der Waals surface area contributed by atoms with Gasteiger partial charge in [0.25, 0.3) is 10.0 Å². The summed E-state index contributed by atoms with van der Waals surface area (Å²) in [5.74, 6) is -1.20. The Kier molecular flexibility index (Phi) is 3.48. The summed E-state index contributed by atoms with van der Waals surface area (Å²) >= 11 is 1.07. The minimum absolute atomic E-state index is 0.133. The molecule has 0 amide bonds. The lowest BCUT2D eigenvalue weighted by atomic mass is 10.4. The van der Waals surface area contributed by atoms with Gasteiger partial charge in [0.1, 0.15) is 10.3 Å². The van der Waals surface area contributed by atoms with Gasteiger partial charge in [0.05, 0.1) is 0 Å². The number of carboxylic acid groups (broad SMARTS) is 1. The van der Waals surface area contributed by atoms with Gasteiger partial charge in [-0.2, -0.15) is 4.72 Å². The molecular weight excluding hydrogens is 238 g/mol. The molecule has 84 valence electrons. The van der Waals surface area contributed by atoms with Crippen LogP contribution in [0.25, 0.3) is 0 Å². The Hall–Kier alpha value is -0.920. The normalized spacial score (nSPS) is 13.7. The number of aryl methyl sites for hydroxylation is 1. The van der Waals surface area contributed by atoms with Crippen molar-refractivity contribution in [3.63, 3.8) is 0 Å². The quantitative estimate of drug-likeness (QED) is 0.827. The van der Waals surface area contributed by atoms with Crippen LogP contribution in [0.5, 0.6) is 0 Å². The molecule has 0 aliphatic carbocycles. The number of carbonyl (C=O) groups is 1. The topological polar surface area (TPSA) is 83.5 Å². The van der Waals surface area contributed by atoms with E-state index in [-0.39, 0.29) is 4.21 Å². The van der Waals surface area contributed by atoms with Gasteiger partial charge in [-0.1, -0.05) is 0 Å². The van der Waals surface area contributed by atoms with E-state index >= 15 is 0 Å². The zero-order valence-corrected chi connectivity index (χ0v) is 9.85. The second-order valence-corrected chi connectivity index (χ2v) is 5.98. The minimum atomic E-state index is -3.70. The third kappa shape index (κ3) is 3.01. The van der Waals surface area contributed by atoms with Gasteiger partial charge in [0.15, 0.2) is 0 Å². The van der Waals surface area contributed by atoms with Crippen LogP contribution in [-0.2, 0) is 14.8 Å². The Morgan fingerprint density at radius 3 is 2.60 bits per heavy atom. The molecular formula is C8H11NO4S2. The van der Waals surface area contributed by atoms with Crippen molar-refractivity contribution in [3.05, 3.63) is 17.0 Å². The van der Waals surface area contributed by atoms with E-state index in [4.69, 9.17) is 5.11 Å². The van der Waals surface area contributed by atoms with Crippen LogP contribution in [-0.4, -0.2) is 25.5 Å². The zero-order chi connectivity index (χ0) is 11.6. The molecule has 1 rings (SSSR count). The molecule has 1 heterocycles. The van der Waals surface area contributed by atoms with E-state index < -0.39 is 22.0 Å². The summed E-state index contributed by atoms with van der Waals surface area (Å²) in [6.45, 7) is 3.05.